The van der Waals surface area contributed by atoms with Crippen LogP contribution < -0.4 is 4.90 Å². The fourth-order valence-electron chi connectivity index (χ4n) is 3.72. The van der Waals surface area contributed by atoms with Crippen molar-refractivity contribution < 1.29 is 4.74 Å². The molecular weight excluding hydrogens is 384 g/mol. The number of anilines is 1. The fraction of sp³-hybridized carbons (Fsp3) is 0.217. The van der Waals surface area contributed by atoms with Crippen LogP contribution in [0.25, 0.3) is 28.0 Å². The highest BCUT2D eigenvalue weighted by atomic mass is 35.5. The molecule has 0 N–H and O–H groups in total. The van der Waals surface area contributed by atoms with Crippen molar-refractivity contribution in [1.29, 1.82) is 0 Å². The van der Waals surface area contributed by atoms with Crippen LogP contribution in [0.3, 0.4) is 0 Å². The standard InChI is InChI=1S/C23H21ClN4O/c1-16-2-3-18(13-25-16)19-12-21(24)23-26-14-22(28(23)15-19)17-4-6-20(7-5-17)27-8-10-29-11-9-27/h2-7,12-15H,8-11H2,1H3. The molecular formula is C23H21ClN4O. The first-order valence-corrected chi connectivity index (χ1v) is 10.1. The Morgan fingerprint density at radius 1 is 0.897 bits per heavy atom. The average Bonchev–Trinajstić information content (AvgIpc) is 3.20. The number of imidazole rings is 1. The van der Waals surface area contributed by atoms with Gasteiger partial charge in [0.1, 0.15) is 0 Å². The first-order valence-electron chi connectivity index (χ1n) is 9.72. The minimum atomic E-state index is 0.624. The monoisotopic (exact) mass is 404 g/mol. The van der Waals surface area contributed by atoms with E-state index in [0.717, 1.165) is 60.0 Å². The summed E-state index contributed by atoms with van der Waals surface area (Å²) in [4.78, 5) is 11.3. The fourth-order valence-corrected chi connectivity index (χ4v) is 3.98. The van der Waals surface area contributed by atoms with Gasteiger partial charge in [-0.1, -0.05) is 29.8 Å². The van der Waals surface area contributed by atoms with E-state index in [9.17, 15) is 0 Å². The Hall–Kier alpha value is -2.89. The van der Waals surface area contributed by atoms with Gasteiger partial charge in [0.25, 0.3) is 0 Å². The summed E-state index contributed by atoms with van der Waals surface area (Å²) in [5.41, 5.74) is 7.12. The highest BCUT2D eigenvalue weighted by Gasteiger charge is 2.14. The second-order valence-corrected chi connectivity index (χ2v) is 7.66. The number of rotatable bonds is 3. The van der Waals surface area contributed by atoms with Crippen molar-refractivity contribution in [3.8, 4) is 22.4 Å². The van der Waals surface area contributed by atoms with Crippen LogP contribution in [0.15, 0.2) is 61.1 Å². The van der Waals surface area contributed by atoms with E-state index < -0.39 is 0 Å². The second-order valence-electron chi connectivity index (χ2n) is 7.25. The van der Waals surface area contributed by atoms with Crippen LogP contribution in [0.1, 0.15) is 5.69 Å². The molecule has 0 spiro atoms. The first kappa shape index (κ1) is 18.2. The third-order valence-corrected chi connectivity index (χ3v) is 5.62. The number of ether oxygens (including phenoxy) is 1. The van der Waals surface area contributed by atoms with E-state index >= 15 is 0 Å². The van der Waals surface area contributed by atoms with E-state index in [1.807, 2.05) is 31.5 Å². The van der Waals surface area contributed by atoms with Gasteiger partial charge in [-0.3, -0.25) is 9.38 Å². The van der Waals surface area contributed by atoms with E-state index in [-0.39, 0.29) is 0 Å². The van der Waals surface area contributed by atoms with Crippen LogP contribution in [0.4, 0.5) is 5.69 Å². The van der Waals surface area contributed by atoms with Gasteiger partial charge in [0.05, 0.1) is 30.1 Å². The number of halogens is 1. The third kappa shape index (κ3) is 3.48. The molecule has 0 saturated carbocycles. The van der Waals surface area contributed by atoms with Crippen LogP contribution in [0, 0.1) is 6.92 Å². The van der Waals surface area contributed by atoms with Gasteiger partial charge in [0.15, 0.2) is 5.65 Å². The van der Waals surface area contributed by atoms with E-state index in [1.54, 1.807) is 0 Å². The summed E-state index contributed by atoms with van der Waals surface area (Å²) < 4.78 is 7.50. The average molecular weight is 405 g/mol. The maximum Gasteiger partial charge on any atom is 0.156 e. The molecule has 0 amide bonds. The number of benzene rings is 1. The minimum Gasteiger partial charge on any atom is -0.378 e. The zero-order valence-corrected chi connectivity index (χ0v) is 16.9. The molecule has 5 rings (SSSR count). The molecule has 6 heteroatoms. The Kier molecular flexibility index (Phi) is 4.70. The summed E-state index contributed by atoms with van der Waals surface area (Å²) >= 11 is 6.55. The van der Waals surface area contributed by atoms with Crippen LogP contribution in [-0.4, -0.2) is 40.7 Å². The van der Waals surface area contributed by atoms with Crippen molar-refractivity contribution in [1.82, 2.24) is 14.4 Å². The lowest BCUT2D eigenvalue weighted by Crippen LogP contribution is -2.36. The molecule has 1 aromatic carbocycles. The second kappa shape index (κ2) is 7.50. The Labute approximate surface area is 174 Å². The highest BCUT2D eigenvalue weighted by Crippen LogP contribution is 2.30. The molecule has 0 bridgehead atoms. The summed E-state index contributed by atoms with van der Waals surface area (Å²) in [5, 5.41) is 0.624. The molecule has 0 unspecified atom stereocenters. The number of morpholine rings is 1. The van der Waals surface area contributed by atoms with E-state index in [2.05, 4.69) is 55.8 Å². The number of hydrogen-bond acceptors (Lipinski definition) is 4. The van der Waals surface area contributed by atoms with Crippen molar-refractivity contribution >= 4 is 22.9 Å². The SMILES string of the molecule is Cc1ccc(-c2cc(Cl)c3ncc(-c4ccc(N5CCOCC5)cc4)n3c2)cn1. The van der Waals surface area contributed by atoms with Crippen molar-refractivity contribution in [3.05, 3.63) is 71.8 Å². The lowest BCUT2D eigenvalue weighted by molar-refractivity contribution is 0.122. The predicted molar refractivity (Wildman–Crippen MR) is 117 cm³/mol. The molecule has 4 heterocycles. The lowest BCUT2D eigenvalue weighted by atomic mass is 10.1. The number of fused-ring (bicyclic) bond motifs is 1. The van der Waals surface area contributed by atoms with Gasteiger partial charge in [-0.2, -0.15) is 0 Å². The van der Waals surface area contributed by atoms with Crippen LogP contribution in [-0.2, 0) is 4.74 Å². The van der Waals surface area contributed by atoms with Crippen molar-refractivity contribution in [3.63, 3.8) is 0 Å². The van der Waals surface area contributed by atoms with Crippen molar-refractivity contribution in [2.45, 2.75) is 6.92 Å². The quantitative estimate of drug-likeness (QED) is 0.489. The molecule has 29 heavy (non-hydrogen) atoms. The Morgan fingerprint density at radius 2 is 1.66 bits per heavy atom. The molecule has 0 radical (unpaired) electrons. The topological polar surface area (TPSA) is 42.7 Å². The lowest BCUT2D eigenvalue weighted by Gasteiger charge is -2.28. The summed E-state index contributed by atoms with van der Waals surface area (Å²) in [6.07, 6.45) is 5.83. The predicted octanol–water partition coefficient (Wildman–Crippen LogP) is 4.86. The van der Waals surface area contributed by atoms with E-state index in [1.165, 1.54) is 5.69 Å². The van der Waals surface area contributed by atoms with Crippen LogP contribution in [0.2, 0.25) is 5.02 Å². The van der Waals surface area contributed by atoms with Gasteiger partial charge < -0.3 is 9.64 Å². The largest absolute Gasteiger partial charge is 0.378 e. The van der Waals surface area contributed by atoms with Gasteiger partial charge in [0, 0.05) is 53.6 Å². The molecule has 1 fully saturated rings. The number of pyridine rings is 2. The summed E-state index contributed by atoms with van der Waals surface area (Å²) in [5.74, 6) is 0. The van der Waals surface area contributed by atoms with Crippen LogP contribution in [0.5, 0.6) is 0 Å². The summed E-state index contributed by atoms with van der Waals surface area (Å²) in [6.45, 7) is 5.40. The minimum absolute atomic E-state index is 0.624. The molecule has 4 aromatic rings. The van der Waals surface area contributed by atoms with E-state index in [4.69, 9.17) is 16.3 Å². The Balaban J connectivity index is 1.54. The van der Waals surface area contributed by atoms with Crippen molar-refractivity contribution in [2.24, 2.45) is 0 Å². The van der Waals surface area contributed by atoms with Gasteiger partial charge in [0.2, 0.25) is 0 Å². The smallest absolute Gasteiger partial charge is 0.156 e. The molecule has 0 aliphatic carbocycles. The van der Waals surface area contributed by atoms with Gasteiger partial charge >= 0.3 is 0 Å². The third-order valence-electron chi connectivity index (χ3n) is 5.34. The molecule has 1 aliphatic rings. The zero-order chi connectivity index (χ0) is 19.8. The maximum absolute atomic E-state index is 6.55. The molecule has 0 atom stereocenters. The number of hydrogen-bond donors (Lipinski definition) is 0. The van der Waals surface area contributed by atoms with Crippen molar-refractivity contribution in [2.75, 3.05) is 31.2 Å². The molecule has 1 saturated heterocycles. The first-order chi connectivity index (χ1) is 14.2. The van der Waals surface area contributed by atoms with E-state index in [0.29, 0.717) is 5.02 Å². The number of aromatic nitrogens is 3. The van der Waals surface area contributed by atoms with Gasteiger partial charge in [-0.25, -0.2) is 4.98 Å². The number of nitrogens with zero attached hydrogens (tertiary/aromatic N) is 4. The summed E-state index contributed by atoms with van der Waals surface area (Å²) in [6, 6.07) is 14.6. The van der Waals surface area contributed by atoms with Crippen LogP contribution >= 0.6 is 11.6 Å². The van der Waals surface area contributed by atoms with Gasteiger partial charge in [-0.05, 0) is 31.2 Å². The molecule has 3 aromatic heterocycles. The zero-order valence-electron chi connectivity index (χ0n) is 16.2. The molecule has 1 aliphatic heterocycles. The Bertz CT molecular complexity index is 1150. The highest BCUT2D eigenvalue weighted by molar-refractivity contribution is 6.33. The normalized spacial score (nSPS) is 14.5. The molecule has 5 nitrogen and oxygen atoms in total. The Morgan fingerprint density at radius 3 is 2.38 bits per heavy atom. The molecule has 146 valence electrons. The van der Waals surface area contributed by atoms with Gasteiger partial charge in [-0.15, -0.1) is 0 Å². The summed E-state index contributed by atoms with van der Waals surface area (Å²) in [7, 11) is 0. The maximum atomic E-state index is 6.55. The number of aryl methyl sites for hydroxylation is 1.